The van der Waals surface area contributed by atoms with Gasteiger partial charge in [0, 0.05) is 11.3 Å². The Hall–Kier alpha value is -3.63. The number of para-hydroxylation sites is 2. The normalized spacial score (nSPS) is 10.6. The smallest absolute Gasteiger partial charge is 0.261 e. The molecule has 134 valence electrons. The molecular formula is C20H15N3O3S. The van der Waals surface area contributed by atoms with Crippen molar-refractivity contribution in [1.82, 2.24) is 0 Å². The zero-order valence-electron chi connectivity index (χ0n) is 14.1. The summed E-state index contributed by atoms with van der Waals surface area (Å²) in [5.74, 6) is -0.340. The van der Waals surface area contributed by atoms with E-state index in [4.69, 9.17) is 5.26 Å². The van der Waals surface area contributed by atoms with Crippen LogP contribution in [0, 0.1) is 11.3 Å². The van der Waals surface area contributed by atoms with Crippen LogP contribution in [0.1, 0.15) is 15.9 Å². The highest BCUT2D eigenvalue weighted by atomic mass is 32.2. The minimum atomic E-state index is -3.88. The van der Waals surface area contributed by atoms with Crippen molar-refractivity contribution >= 4 is 27.3 Å². The molecule has 3 rings (SSSR count). The molecule has 0 aliphatic carbocycles. The molecule has 3 aromatic carbocycles. The first-order chi connectivity index (χ1) is 13.0. The fourth-order valence-electron chi connectivity index (χ4n) is 2.38. The number of nitrogens with zero attached hydrogens (tertiary/aromatic N) is 1. The molecule has 7 heteroatoms. The molecule has 0 atom stereocenters. The molecule has 3 aromatic rings. The topological polar surface area (TPSA) is 99.1 Å². The van der Waals surface area contributed by atoms with Crippen molar-refractivity contribution in [1.29, 1.82) is 5.26 Å². The Morgan fingerprint density at radius 3 is 2.15 bits per heavy atom. The van der Waals surface area contributed by atoms with E-state index in [-0.39, 0.29) is 22.1 Å². The molecule has 0 bridgehead atoms. The van der Waals surface area contributed by atoms with Crippen LogP contribution in [0.5, 0.6) is 0 Å². The van der Waals surface area contributed by atoms with Crippen LogP contribution in [-0.2, 0) is 10.0 Å². The highest BCUT2D eigenvalue weighted by molar-refractivity contribution is 7.92. The van der Waals surface area contributed by atoms with E-state index in [1.165, 1.54) is 36.4 Å². The van der Waals surface area contributed by atoms with Gasteiger partial charge >= 0.3 is 0 Å². The number of hydrogen-bond acceptors (Lipinski definition) is 4. The van der Waals surface area contributed by atoms with E-state index in [9.17, 15) is 13.2 Å². The Labute approximate surface area is 157 Å². The van der Waals surface area contributed by atoms with E-state index >= 15 is 0 Å². The minimum absolute atomic E-state index is 0.00787. The van der Waals surface area contributed by atoms with Crippen molar-refractivity contribution in [3.63, 3.8) is 0 Å². The number of sulfonamides is 1. The summed E-state index contributed by atoms with van der Waals surface area (Å²) in [6, 6.07) is 22.8. The van der Waals surface area contributed by atoms with Gasteiger partial charge in [0.2, 0.25) is 0 Å². The molecule has 0 aromatic heterocycles. The Bertz CT molecular complexity index is 1100. The van der Waals surface area contributed by atoms with Crippen LogP contribution in [0.15, 0.2) is 83.8 Å². The van der Waals surface area contributed by atoms with E-state index in [1.807, 2.05) is 12.1 Å². The van der Waals surface area contributed by atoms with Crippen LogP contribution >= 0.6 is 0 Å². The summed E-state index contributed by atoms with van der Waals surface area (Å²) in [6.45, 7) is 0. The Kier molecular flexibility index (Phi) is 5.20. The van der Waals surface area contributed by atoms with E-state index in [0.717, 1.165) is 0 Å². The molecule has 2 N–H and O–H groups in total. The van der Waals surface area contributed by atoms with Gasteiger partial charge in [-0.2, -0.15) is 5.26 Å². The Morgan fingerprint density at radius 2 is 1.48 bits per heavy atom. The number of nitrogens with one attached hydrogen (secondary N) is 2. The first kappa shape index (κ1) is 18.2. The predicted octanol–water partition coefficient (Wildman–Crippen LogP) is 3.61. The lowest BCUT2D eigenvalue weighted by Crippen LogP contribution is -2.15. The molecule has 6 nitrogen and oxygen atoms in total. The molecule has 0 spiro atoms. The molecule has 0 saturated carbocycles. The van der Waals surface area contributed by atoms with Gasteiger partial charge in [0.05, 0.1) is 16.1 Å². The molecule has 0 aliphatic rings. The second-order valence-corrected chi connectivity index (χ2v) is 7.29. The third-order valence-corrected chi connectivity index (χ3v) is 5.13. The van der Waals surface area contributed by atoms with Gasteiger partial charge in [-0.1, -0.05) is 30.3 Å². The number of nitriles is 1. The van der Waals surface area contributed by atoms with Gasteiger partial charge in [-0.05, 0) is 48.5 Å². The molecule has 1 amide bonds. The third kappa shape index (κ3) is 4.32. The number of carbonyl (C=O) groups excluding carboxylic acids is 1. The number of hydrogen-bond donors (Lipinski definition) is 2. The van der Waals surface area contributed by atoms with Crippen LogP contribution in [-0.4, -0.2) is 14.3 Å². The van der Waals surface area contributed by atoms with Crippen molar-refractivity contribution in [2.75, 3.05) is 10.0 Å². The fraction of sp³-hybridized carbons (Fsp3) is 0. The quantitative estimate of drug-likeness (QED) is 0.709. The lowest BCUT2D eigenvalue weighted by Gasteiger charge is -2.10. The second kappa shape index (κ2) is 7.72. The lowest BCUT2D eigenvalue weighted by atomic mass is 10.2. The number of rotatable bonds is 5. The van der Waals surface area contributed by atoms with E-state index < -0.39 is 10.0 Å². The van der Waals surface area contributed by atoms with Crippen LogP contribution in [0.3, 0.4) is 0 Å². The SMILES string of the molecule is N#Cc1ccccc1NS(=O)(=O)c1ccc(C(=O)Nc2ccccc2)cc1. The van der Waals surface area contributed by atoms with Crippen molar-refractivity contribution in [3.8, 4) is 6.07 Å². The predicted molar refractivity (Wildman–Crippen MR) is 103 cm³/mol. The standard InChI is InChI=1S/C20H15N3O3S/c21-14-16-6-4-5-9-19(16)23-27(25,26)18-12-10-15(11-13-18)20(24)22-17-7-2-1-3-8-17/h1-13,23H,(H,22,24). The van der Waals surface area contributed by atoms with Crippen molar-refractivity contribution in [3.05, 3.63) is 90.0 Å². The van der Waals surface area contributed by atoms with Gasteiger partial charge in [-0.15, -0.1) is 0 Å². The van der Waals surface area contributed by atoms with Crippen LogP contribution in [0.25, 0.3) is 0 Å². The van der Waals surface area contributed by atoms with Gasteiger partial charge in [-0.25, -0.2) is 8.42 Å². The van der Waals surface area contributed by atoms with Crippen molar-refractivity contribution in [2.24, 2.45) is 0 Å². The summed E-state index contributed by atoms with van der Waals surface area (Å²) in [4.78, 5) is 12.2. The van der Waals surface area contributed by atoms with E-state index in [1.54, 1.807) is 36.4 Å². The van der Waals surface area contributed by atoms with E-state index in [0.29, 0.717) is 11.3 Å². The zero-order valence-corrected chi connectivity index (χ0v) is 14.9. The first-order valence-corrected chi connectivity index (χ1v) is 9.46. The average molecular weight is 377 g/mol. The van der Waals surface area contributed by atoms with Gasteiger partial charge in [-0.3, -0.25) is 9.52 Å². The number of anilines is 2. The maximum absolute atomic E-state index is 12.5. The largest absolute Gasteiger partial charge is 0.322 e. The molecule has 0 unspecified atom stereocenters. The van der Waals surface area contributed by atoms with Crippen LogP contribution in [0.4, 0.5) is 11.4 Å². The highest BCUT2D eigenvalue weighted by Gasteiger charge is 2.17. The molecule has 0 radical (unpaired) electrons. The zero-order chi connectivity index (χ0) is 19.3. The number of amides is 1. The van der Waals surface area contributed by atoms with Crippen LogP contribution in [0.2, 0.25) is 0 Å². The lowest BCUT2D eigenvalue weighted by molar-refractivity contribution is 0.102. The number of carbonyl (C=O) groups is 1. The molecular weight excluding hydrogens is 362 g/mol. The Balaban J connectivity index is 1.78. The average Bonchev–Trinajstić information content (AvgIpc) is 2.69. The maximum Gasteiger partial charge on any atom is 0.261 e. The second-order valence-electron chi connectivity index (χ2n) is 5.61. The Morgan fingerprint density at radius 1 is 0.852 bits per heavy atom. The van der Waals surface area contributed by atoms with Gasteiger partial charge in [0.15, 0.2) is 0 Å². The third-order valence-electron chi connectivity index (χ3n) is 3.75. The van der Waals surface area contributed by atoms with Crippen molar-refractivity contribution < 1.29 is 13.2 Å². The summed E-state index contributed by atoms with van der Waals surface area (Å²) in [5.41, 5.74) is 1.40. The summed E-state index contributed by atoms with van der Waals surface area (Å²) in [6.07, 6.45) is 0. The van der Waals surface area contributed by atoms with Gasteiger partial charge < -0.3 is 5.32 Å². The van der Waals surface area contributed by atoms with E-state index in [2.05, 4.69) is 10.0 Å². The molecule has 0 saturated heterocycles. The fourth-order valence-corrected chi connectivity index (χ4v) is 3.46. The molecule has 0 heterocycles. The highest BCUT2D eigenvalue weighted by Crippen LogP contribution is 2.20. The van der Waals surface area contributed by atoms with Crippen LogP contribution < -0.4 is 10.0 Å². The molecule has 0 aliphatic heterocycles. The summed E-state index contributed by atoms with van der Waals surface area (Å²) >= 11 is 0. The van der Waals surface area contributed by atoms with Gasteiger partial charge in [0.25, 0.3) is 15.9 Å². The minimum Gasteiger partial charge on any atom is -0.322 e. The molecule has 0 fully saturated rings. The van der Waals surface area contributed by atoms with Gasteiger partial charge in [0.1, 0.15) is 6.07 Å². The monoisotopic (exact) mass is 377 g/mol. The maximum atomic E-state index is 12.5. The summed E-state index contributed by atoms with van der Waals surface area (Å²) in [5, 5.41) is 11.8. The summed E-state index contributed by atoms with van der Waals surface area (Å²) in [7, 11) is -3.88. The summed E-state index contributed by atoms with van der Waals surface area (Å²) < 4.78 is 27.4. The first-order valence-electron chi connectivity index (χ1n) is 7.98. The molecule has 27 heavy (non-hydrogen) atoms. The van der Waals surface area contributed by atoms with Crippen molar-refractivity contribution in [2.45, 2.75) is 4.90 Å². The number of benzene rings is 3.